The number of unbranched alkanes of at least 4 members (excludes halogenated alkanes) is 2. The molecule has 0 unspecified atom stereocenters. The van der Waals surface area contributed by atoms with Gasteiger partial charge in [0.2, 0.25) is 0 Å². The molecule has 0 saturated heterocycles. The van der Waals surface area contributed by atoms with Crippen LogP contribution in [0.25, 0.3) is 0 Å². The van der Waals surface area contributed by atoms with E-state index in [0.29, 0.717) is 0 Å². The van der Waals surface area contributed by atoms with Crippen LogP contribution in [-0.4, -0.2) is 9.15 Å². The van der Waals surface area contributed by atoms with Gasteiger partial charge in [0.05, 0.1) is 7.81 Å². The zero-order valence-corrected chi connectivity index (χ0v) is 4.41. The van der Waals surface area contributed by atoms with Gasteiger partial charge >= 0.3 is 0 Å². The van der Waals surface area contributed by atoms with E-state index < -0.39 is 0 Å². The van der Waals surface area contributed by atoms with E-state index >= 15 is 0 Å². The molecule has 0 amide bonds. The Morgan fingerprint density at radius 2 is 2.50 bits per heavy atom. The molecule has 0 aromatic carbocycles. The lowest BCUT2D eigenvalue weighted by Crippen LogP contribution is -1.69. The molecular formula is C5H12B. The standard InChI is InChI=1S/C5H12B/c1-2-3-4-5-6/h6H,2-5H2,1H3/i6T. The summed E-state index contributed by atoms with van der Waals surface area (Å²) in [7, 11) is 1.48. The van der Waals surface area contributed by atoms with Crippen molar-refractivity contribution < 1.29 is 0 Å². The van der Waals surface area contributed by atoms with Crippen molar-refractivity contribution in [3.8, 4) is 0 Å². The first-order valence-electron chi connectivity index (χ1n) is 3.19. The maximum Gasteiger partial charge on any atom is 0.0865 e. The summed E-state index contributed by atoms with van der Waals surface area (Å²) in [5.74, 6) is 0. The van der Waals surface area contributed by atoms with Crippen LogP contribution in [0, 0.1) is 0 Å². The van der Waals surface area contributed by atoms with Gasteiger partial charge < -0.3 is 0 Å². The van der Waals surface area contributed by atoms with Gasteiger partial charge in [0.15, 0.2) is 0 Å². The Labute approximate surface area is 42.7 Å². The van der Waals surface area contributed by atoms with Crippen molar-refractivity contribution in [2.24, 2.45) is 0 Å². The molecule has 1 radical (unpaired) electrons. The van der Waals surface area contributed by atoms with Gasteiger partial charge in [0.25, 0.3) is 0 Å². The fourth-order valence-corrected chi connectivity index (χ4v) is 0.394. The van der Waals surface area contributed by atoms with Gasteiger partial charge in [-0.25, -0.2) is 0 Å². The maximum absolute atomic E-state index is 6.66. The van der Waals surface area contributed by atoms with Crippen molar-refractivity contribution in [1.82, 2.24) is 0 Å². The normalized spacial score (nSPS) is 10.5. The van der Waals surface area contributed by atoms with Crippen LogP contribution >= 0.6 is 0 Å². The fourth-order valence-electron chi connectivity index (χ4n) is 0.394. The molecule has 0 aliphatic carbocycles. The molecule has 0 bridgehead atoms. The molecule has 0 atom stereocenters. The largest absolute Gasteiger partial charge is 0.0865 e. The van der Waals surface area contributed by atoms with Crippen LogP contribution in [0.15, 0.2) is 0 Å². The first kappa shape index (κ1) is 4.23. The summed E-state index contributed by atoms with van der Waals surface area (Å²) in [6, 6.07) is 0. The Morgan fingerprint density at radius 1 is 1.67 bits per heavy atom. The van der Waals surface area contributed by atoms with Crippen molar-refractivity contribution >= 4 is 7.81 Å². The summed E-state index contributed by atoms with van der Waals surface area (Å²) in [6.45, 7) is 2.17. The van der Waals surface area contributed by atoms with Crippen LogP contribution in [-0.2, 0) is 0 Å². The van der Waals surface area contributed by atoms with Crippen molar-refractivity contribution in [3.05, 3.63) is 0 Å². The summed E-state index contributed by atoms with van der Waals surface area (Å²) in [4.78, 5) is 0. The third-order valence-corrected chi connectivity index (χ3v) is 0.808. The van der Waals surface area contributed by atoms with Crippen LogP contribution in [0.1, 0.15) is 26.2 Å². The van der Waals surface area contributed by atoms with Crippen molar-refractivity contribution in [2.75, 3.05) is 0 Å². The zero-order chi connectivity index (χ0) is 5.54. The van der Waals surface area contributed by atoms with Crippen molar-refractivity contribution in [2.45, 2.75) is 32.5 Å². The lowest BCUT2D eigenvalue weighted by Gasteiger charge is -1.86. The van der Waals surface area contributed by atoms with Gasteiger partial charge in [-0.05, 0) is 1.34 Å². The van der Waals surface area contributed by atoms with E-state index in [1.54, 1.807) is 0 Å². The summed E-state index contributed by atoms with van der Waals surface area (Å²) >= 11 is 0. The third-order valence-electron chi connectivity index (χ3n) is 0.808. The monoisotopic (exact) mass is 85.1 g/mol. The number of hydrogen-bond acceptors (Lipinski definition) is 0. The highest BCUT2D eigenvalue weighted by atomic mass is 13.8. The molecule has 0 N–H and O–H groups in total. The smallest absolute Gasteiger partial charge is 0.0846 e. The molecule has 0 spiro atoms. The lowest BCUT2D eigenvalue weighted by molar-refractivity contribution is 0.771. The molecule has 0 saturated carbocycles. The Bertz CT molecular complexity index is 27.3. The zero-order valence-electron chi connectivity index (χ0n) is 5.41. The highest BCUT2D eigenvalue weighted by Gasteiger charge is 1.75. The second kappa shape index (κ2) is 5.06. The Kier molecular flexibility index (Phi) is 3.57. The van der Waals surface area contributed by atoms with Crippen LogP contribution in [0.3, 0.4) is 0 Å². The van der Waals surface area contributed by atoms with Gasteiger partial charge in [-0.2, -0.15) is 0 Å². The van der Waals surface area contributed by atoms with Crippen LogP contribution in [0.4, 0.5) is 0 Å². The average molecular weight is 85.0 g/mol. The molecular weight excluding hydrogens is 70.9 g/mol. The molecule has 0 aromatic rings. The van der Waals surface area contributed by atoms with Gasteiger partial charge in [-0.15, -0.1) is 0 Å². The highest BCUT2D eigenvalue weighted by Crippen LogP contribution is 1.94. The third kappa shape index (κ3) is 4.06. The average Bonchev–Trinajstić information content (AvgIpc) is 1.69. The molecule has 0 nitrogen and oxygen atoms in total. The second-order valence-corrected chi connectivity index (χ2v) is 1.50. The van der Waals surface area contributed by atoms with Crippen LogP contribution in [0.5, 0.6) is 0 Å². The van der Waals surface area contributed by atoms with E-state index in [9.17, 15) is 0 Å². The first-order valence-corrected chi connectivity index (χ1v) is 2.62. The summed E-state index contributed by atoms with van der Waals surface area (Å²) in [5, 5.41) is 0. The minimum atomic E-state index is 0.966. The summed E-state index contributed by atoms with van der Waals surface area (Å²) in [6.07, 6.45) is 4.69. The molecule has 0 aliphatic rings. The van der Waals surface area contributed by atoms with Crippen LogP contribution in [0.2, 0.25) is 6.32 Å². The summed E-state index contributed by atoms with van der Waals surface area (Å²) < 4.78 is 6.66. The predicted molar refractivity (Wildman–Crippen MR) is 31.5 cm³/mol. The van der Waals surface area contributed by atoms with Crippen molar-refractivity contribution in [3.63, 3.8) is 0 Å². The van der Waals surface area contributed by atoms with E-state index in [0.717, 1.165) is 6.32 Å². The number of rotatable bonds is 4. The molecule has 0 fully saturated rings. The molecule has 6 heavy (non-hydrogen) atoms. The Hall–Kier alpha value is 0.0649. The first-order chi connectivity index (χ1) is 3.41. The van der Waals surface area contributed by atoms with E-state index in [2.05, 4.69) is 6.92 Å². The Morgan fingerprint density at radius 3 is 3.00 bits per heavy atom. The molecule has 0 aromatic heterocycles. The summed E-state index contributed by atoms with van der Waals surface area (Å²) in [5.41, 5.74) is 0. The quantitative estimate of drug-likeness (QED) is 0.358. The lowest BCUT2D eigenvalue weighted by atomic mass is 10.00. The molecule has 0 aliphatic heterocycles. The second-order valence-electron chi connectivity index (χ2n) is 1.50. The van der Waals surface area contributed by atoms with E-state index in [4.69, 9.17) is 1.34 Å². The van der Waals surface area contributed by atoms with Crippen molar-refractivity contribution in [1.29, 1.82) is 1.34 Å². The van der Waals surface area contributed by atoms with E-state index in [1.165, 1.54) is 27.1 Å². The minimum absolute atomic E-state index is 0.966. The number of hydrogen-bond donors (Lipinski definition) is 0. The predicted octanol–water partition coefficient (Wildman–Crippen LogP) is 1.50. The Balaban J connectivity index is 2.45. The van der Waals surface area contributed by atoms with E-state index in [-0.39, 0.29) is 0 Å². The fraction of sp³-hybridized carbons (Fsp3) is 1.00. The van der Waals surface area contributed by atoms with Gasteiger partial charge in [0.1, 0.15) is 0 Å². The SMILES string of the molecule is [3H][B]CCCCC. The maximum atomic E-state index is 6.66. The van der Waals surface area contributed by atoms with Gasteiger partial charge in [-0.3, -0.25) is 0 Å². The van der Waals surface area contributed by atoms with E-state index in [1.807, 2.05) is 0 Å². The van der Waals surface area contributed by atoms with Gasteiger partial charge in [0, 0.05) is 0 Å². The molecule has 0 rings (SSSR count). The van der Waals surface area contributed by atoms with Crippen LogP contribution < -0.4 is 0 Å². The minimum Gasteiger partial charge on any atom is -0.0846 e. The molecule has 0 heterocycles. The topological polar surface area (TPSA) is 0 Å². The highest BCUT2D eigenvalue weighted by molar-refractivity contribution is 6.08. The molecule has 1 heteroatoms. The van der Waals surface area contributed by atoms with Gasteiger partial charge in [-0.1, -0.05) is 32.5 Å². The molecule has 35 valence electrons.